The standard InChI is InChI=1S/C14H15NO3/c16-13-8-10-4-1-2-6-12(10)14(17)15(13)9-11-5-3-7-18-11/h1-2,4,6,11H,3,5,7-9H2. The quantitative estimate of drug-likeness (QED) is 0.740. The minimum absolute atomic E-state index is 0.0168. The number of carbonyl (C=O) groups excluding carboxylic acids is 2. The predicted octanol–water partition coefficient (Wildman–Crippen LogP) is 1.39. The lowest BCUT2D eigenvalue weighted by molar-refractivity contribution is -0.129. The molecule has 1 saturated heterocycles. The van der Waals surface area contributed by atoms with Crippen molar-refractivity contribution in [2.45, 2.75) is 25.4 Å². The number of imide groups is 1. The highest BCUT2D eigenvalue weighted by Gasteiger charge is 2.33. The van der Waals surface area contributed by atoms with Crippen molar-refractivity contribution in [2.24, 2.45) is 0 Å². The van der Waals surface area contributed by atoms with Gasteiger partial charge in [-0.15, -0.1) is 0 Å². The van der Waals surface area contributed by atoms with Crippen molar-refractivity contribution in [3.05, 3.63) is 35.4 Å². The van der Waals surface area contributed by atoms with Crippen molar-refractivity contribution >= 4 is 11.8 Å². The van der Waals surface area contributed by atoms with Gasteiger partial charge in [0.2, 0.25) is 5.91 Å². The lowest BCUT2D eigenvalue weighted by atomic mass is 9.98. The topological polar surface area (TPSA) is 46.6 Å². The van der Waals surface area contributed by atoms with Crippen molar-refractivity contribution in [1.29, 1.82) is 0 Å². The Labute approximate surface area is 106 Å². The van der Waals surface area contributed by atoms with Gasteiger partial charge in [0.25, 0.3) is 5.91 Å². The van der Waals surface area contributed by atoms with Gasteiger partial charge in [0.05, 0.1) is 19.1 Å². The molecule has 18 heavy (non-hydrogen) atoms. The molecule has 2 amide bonds. The van der Waals surface area contributed by atoms with Crippen LogP contribution in [0.2, 0.25) is 0 Å². The summed E-state index contributed by atoms with van der Waals surface area (Å²) < 4.78 is 5.49. The number of fused-ring (bicyclic) bond motifs is 1. The molecule has 1 unspecified atom stereocenters. The average Bonchev–Trinajstić information content (AvgIpc) is 2.87. The normalized spacial score (nSPS) is 23.3. The molecule has 3 rings (SSSR count). The zero-order valence-electron chi connectivity index (χ0n) is 10.1. The second-order valence-electron chi connectivity index (χ2n) is 4.78. The molecule has 2 heterocycles. The second kappa shape index (κ2) is 4.53. The third-order valence-electron chi connectivity index (χ3n) is 3.55. The molecule has 4 heteroatoms. The molecule has 2 aliphatic rings. The molecule has 1 atom stereocenters. The Morgan fingerprint density at radius 2 is 2.11 bits per heavy atom. The molecule has 0 saturated carbocycles. The summed E-state index contributed by atoms with van der Waals surface area (Å²) in [4.78, 5) is 25.6. The minimum Gasteiger partial charge on any atom is -0.376 e. The lowest BCUT2D eigenvalue weighted by Gasteiger charge is -2.28. The molecule has 0 spiro atoms. The number of ether oxygens (including phenoxy) is 1. The van der Waals surface area contributed by atoms with E-state index in [2.05, 4.69) is 0 Å². The largest absolute Gasteiger partial charge is 0.376 e. The van der Waals surface area contributed by atoms with Crippen LogP contribution in [0.3, 0.4) is 0 Å². The Morgan fingerprint density at radius 3 is 2.89 bits per heavy atom. The SMILES string of the molecule is O=C1Cc2ccccc2C(=O)N1CC1CCCO1. The Hall–Kier alpha value is -1.68. The number of benzene rings is 1. The van der Waals surface area contributed by atoms with Gasteiger partial charge in [-0.2, -0.15) is 0 Å². The summed E-state index contributed by atoms with van der Waals surface area (Å²) in [6, 6.07) is 7.31. The molecule has 0 N–H and O–H groups in total. The molecular formula is C14H15NO3. The molecule has 1 aromatic carbocycles. The molecule has 4 nitrogen and oxygen atoms in total. The number of rotatable bonds is 2. The van der Waals surface area contributed by atoms with Crippen LogP contribution in [0, 0.1) is 0 Å². The van der Waals surface area contributed by atoms with Crippen LogP contribution in [-0.4, -0.2) is 36.0 Å². The van der Waals surface area contributed by atoms with Crippen LogP contribution in [0.1, 0.15) is 28.8 Å². The van der Waals surface area contributed by atoms with Crippen LogP contribution in [0.25, 0.3) is 0 Å². The van der Waals surface area contributed by atoms with E-state index in [9.17, 15) is 9.59 Å². The molecule has 0 aromatic heterocycles. The van der Waals surface area contributed by atoms with E-state index in [4.69, 9.17) is 4.74 Å². The number of amides is 2. The predicted molar refractivity (Wildman–Crippen MR) is 65.2 cm³/mol. The summed E-state index contributed by atoms with van der Waals surface area (Å²) in [5, 5.41) is 0. The molecule has 0 bridgehead atoms. The zero-order valence-corrected chi connectivity index (χ0v) is 10.1. The Kier molecular flexibility index (Phi) is 2.88. The van der Waals surface area contributed by atoms with Crippen LogP contribution in [0.4, 0.5) is 0 Å². The molecule has 0 aliphatic carbocycles. The Morgan fingerprint density at radius 1 is 1.28 bits per heavy atom. The van der Waals surface area contributed by atoms with Gasteiger partial charge in [0.1, 0.15) is 0 Å². The fourth-order valence-electron chi connectivity index (χ4n) is 2.58. The summed E-state index contributed by atoms with van der Waals surface area (Å²) in [6.07, 6.45) is 2.27. The van der Waals surface area contributed by atoms with Crippen molar-refractivity contribution in [3.8, 4) is 0 Å². The van der Waals surface area contributed by atoms with Gasteiger partial charge >= 0.3 is 0 Å². The van der Waals surface area contributed by atoms with Crippen molar-refractivity contribution in [2.75, 3.05) is 13.2 Å². The molecule has 1 fully saturated rings. The van der Waals surface area contributed by atoms with Crippen molar-refractivity contribution in [1.82, 2.24) is 4.90 Å². The molecule has 94 valence electrons. The number of hydrogen-bond acceptors (Lipinski definition) is 3. The van der Waals surface area contributed by atoms with Crippen LogP contribution in [0.15, 0.2) is 24.3 Å². The smallest absolute Gasteiger partial charge is 0.260 e. The van der Waals surface area contributed by atoms with Crippen LogP contribution < -0.4 is 0 Å². The maximum atomic E-state index is 12.3. The van der Waals surface area contributed by atoms with Crippen LogP contribution in [0.5, 0.6) is 0 Å². The average molecular weight is 245 g/mol. The van der Waals surface area contributed by atoms with Gasteiger partial charge in [0, 0.05) is 12.2 Å². The second-order valence-corrected chi connectivity index (χ2v) is 4.78. The van der Waals surface area contributed by atoms with E-state index in [0.717, 1.165) is 25.0 Å². The number of carbonyl (C=O) groups is 2. The monoisotopic (exact) mass is 245 g/mol. The lowest BCUT2D eigenvalue weighted by Crippen LogP contribution is -2.45. The van der Waals surface area contributed by atoms with E-state index in [-0.39, 0.29) is 17.9 Å². The zero-order chi connectivity index (χ0) is 12.5. The van der Waals surface area contributed by atoms with Gasteiger partial charge < -0.3 is 4.74 Å². The fourth-order valence-corrected chi connectivity index (χ4v) is 2.58. The number of nitrogens with zero attached hydrogens (tertiary/aromatic N) is 1. The van der Waals surface area contributed by atoms with Gasteiger partial charge in [-0.25, -0.2) is 0 Å². The minimum atomic E-state index is -0.183. The Balaban J connectivity index is 1.83. The van der Waals surface area contributed by atoms with Gasteiger partial charge in [-0.3, -0.25) is 14.5 Å². The highest BCUT2D eigenvalue weighted by molar-refractivity contribution is 6.09. The van der Waals surface area contributed by atoms with E-state index >= 15 is 0 Å². The summed E-state index contributed by atoms with van der Waals surface area (Å²) in [5.41, 5.74) is 1.48. The van der Waals surface area contributed by atoms with E-state index in [1.807, 2.05) is 18.2 Å². The highest BCUT2D eigenvalue weighted by Crippen LogP contribution is 2.22. The third-order valence-corrected chi connectivity index (χ3v) is 3.55. The van der Waals surface area contributed by atoms with Gasteiger partial charge in [0.15, 0.2) is 0 Å². The third kappa shape index (κ3) is 1.93. The first-order valence-corrected chi connectivity index (χ1v) is 6.30. The van der Waals surface area contributed by atoms with E-state index in [1.54, 1.807) is 6.07 Å². The Bertz CT molecular complexity index is 492. The van der Waals surface area contributed by atoms with Gasteiger partial charge in [-0.05, 0) is 24.5 Å². The number of hydrogen-bond donors (Lipinski definition) is 0. The maximum absolute atomic E-state index is 12.3. The first-order chi connectivity index (χ1) is 8.75. The van der Waals surface area contributed by atoms with Crippen molar-refractivity contribution in [3.63, 3.8) is 0 Å². The van der Waals surface area contributed by atoms with E-state index in [0.29, 0.717) is 18.5 Å². The summed E-state index contributed by atoms with van der Waals surface area (Å²) in [7, 11) is 0. The molecular weight excluding hydrogens is 230 g/mol. The van der Waals surface area contributed by atoms with Gasteiger partial charge in [-0.1, -0.05) is 18.2 Å². The van der Waals surface area contributed by atoms with Crippen LogP contribution in [-0.2, 0) is 16.0 Å². The first-order valence-electron chi connectivity index (χ1n) is 6.30. The van der Waals surface area contributed by atoms with E-state index in [1.165, 1.54) is 4.90 Å². The molecule has 0 radical (unpaired) electrons. The molecule has 1 aromatic rings. The summed E-state index contributed by atoms with van der Waals surface area (Å²) >= 11 is 0. The van der Waals surface area contributed by atoms with E-state index < -0.39 is 0 Å². The first kappa shape index (κ1) is 11.4. The fraction of sp³-hybridized carbons (Fsp3) is 0.429. The van der Waals surface area contributed by atoms with Crippen LogP contribution >= 0.6 is 0 Å². The summed E-state index contributed by atoms with van der Waals surface area (Å²) in [5.74, 6) is -0.299. The maximum Gasteiger partial charge on any atom is 0.260 e. The summed E-state index contributed by atoms with van der Waals surface area (Å²) in [6.45, 7) is 1.13. The van der Waals surface area contributed by atoms with Crippen molar-refractivity contribution < 1.29 is 14.3 Å². The molecule has 2 aliphatic heterocycles. The highest BCUT2D eigenvalue weighted by atomic mass is 16.5.